The molecule has 0 aliphatic carbocycles. The summed E-state index contributed by atoms with van der Waals surface area (Å²) in [6.45, 7) is 9.69. The topological polar surface area (TPSA) is 18.5 Å². The molecule has 1 aliphatic heterocycles. The van der Waals surface area contributed by atoms with Gasteiger partial charge in [0.25, 0.3) is 0 Å². The molecule has 2 aromatic rings. The van der Waals surface area contributed by atoms with E-state index in [0.717, 1.165) is 37.0 Å². The lowest BCUT2D eigenvalue weighted by Crippen LogP contribution is -2.30. The van der Waals surface area contributed by atoms with Crippen LogP contribution in [0.25, 0.3) is 11.1 Å². The second kappa shape index (κ2) is 8.02. The predicted octanol–water partition coefficient (Wildman–Crippen LogP) is 6.58. The molecule has 1 saturated heterocycles. The first-order chi connectivity index (χ1) is 12.8. The van der Waals surface area contributed by atoms with Crippen molar-refractivity contribution in [3.05, 3.63) is 53.3 Å². The summed E-state index contributed by atoms with van der Waals surface area (Å²) in [6, 6.07) is 11.3. The number of benzene rings is 2. The molecule has 0 radical (unpaired) electrons. The first kappa shape index (κ1) is 19.9. The highest BCUT2D eigenvalue weighted by Crippen LogP contribution is 2.47. The molecule has 27 heavy (non-hydrogen) atoms. The van der Waals surface area contributed by atoms with E-state index in [0.29, 0.717) is 17.2 Å². The Morgan fingerprint density at radius 1 is 1.15 bits per heavy atom. The third-order valence-electron chi connectivity index (χ3n) is 5.47. The largest absolute Gasteiger partial charge is 0.497 e. The Balaban J connectivity index is 2.16. The van der Waals surface area contributed by atoms with Crippen molar-refractivity contribution in [2.75, 3.05) is 13.7 Å². The van der Waals surface area contributed by atoms with Gasteiger partial charge in [-0.25, -0.2) is 4.39 Å². The van der Waals surface area contributed by atoms with E-state index in [1.807, 2.05) is 0 Å². The third kappa shape index (κ3) is 4.35. The predicted molar refractivity (Wildman–Crippen MR) is 109 cm³/mol. The Hall–Kier alpha value is -1.87. The third-order valence-corrected chi connectivity index (χ3v) is 5.47. The monoisotopic (exact) mass is 370 g/mol. The van der Waals surface area contributed by atoms with Crippen LogP contribution >= 0.6 is 0 Å². The molecule has 0 saturated carbocycles. The van der Waals surface area contributed by atoms with Crippen LogP contribution in [-0.2, 0) is 11.2 Å². The zero-order chi connectivity index (χ0) is 19.6. The Morgan fingerprint density at radius 2 is 1.93 bits per heavy atom. The molecular formula is C24H31FO2. The first-order valence-electron chi connectivity index (χ1n) is 9.90. The molecule has 1 atom stereocenters. The van der Waals surface area contributed by atoms with E-state index in [1.54, 1.807) is 19.2 Å². The van der Waals surface area contributed by atoms with E-state index in [2.05, 4.69) is 45.9 Å². The van der Waals surface area contributed by atoms with Crippen molar-refractivity contribution in [3.8, 4) is 16.9 Å². The maximum atomic E-state index is 14.7. The van der Waals surface area contributed by atoms with Crippen molar-refractivity contribution >= 4 is 0 Å². The zero-order valence-electron chi connectivity index (χ0n) is 17.1. The van der Waals surface area contributed by atoms with Gasteiger partial charge in [0.15, 0.2) is 0 Å². The average molecular weight is 371 g/mol. The second-order valence-electron chi connectivity index (χ2n) is 8.71. The van der Waals surface area contributed by atoms with Gasteiger partial charge in [0.2, 0.25) is 0 Å². The van der Waals surface area contributed by atoms with Crippen LogP contribution in [0, 0.1) is 17.2 Å². The van der Waals surface area contributed by atoms with Crippen LogP contribution in [0.3, 0.4) is 0 Å². The fraction of sp³-hybridized carbons (Fsp3) is 0.500. The average Bonchev–Trinajstić information content (AvgIpc) is 2.61. The lowest BCUT2D eigenvalue weighted by molar-refractivity contribution is -0.0697. The minimum Gasteiger partial charge on any atom is -0.497 e. The van der Waals surface area contributed by atoms with Crippen LogP contribution in [0.5, 0.6) is 5.75 Å². The van der Waals surface area contributed by atoms with Crippen LogP contribution in [0.2, 0.25) is 0 Å². The standard InChI is InChI=1S/C24H31FO2/c1-16(2)13-17-7-9-19(20-15-18(26-5)8-10-22(20)25)21(14-17)23-24(3,4)11-6-12-27-23/h7-10,14-16,23H,6,11-13H2,1-5H3/t23-/m0/s1. The summed E-state index contributed by atoms with van der Waals surface area (Å²) < 4.78 is 26.3. The normalized spacial score (nSPS) is 19.3. The Kier molecular flexibility index (Phi) is 5.90. The molecule has 1 heterocycles. The fourth-order valence-corrected chi connectivity index (χ4v) is 4.11. The molecule has 0 aromatic heterocycles. The summed E-state index contributed by atoms with van der Waals surface area (Å²) >= 11 is 0. The maximum absolute atomic E-state index is 14.7. The molecule has 2 aromatic carbocycles. The van der Waals surface area contributed by atoms with Crippen molar-refractivity contribution in [1.82, 2.24) is 0 Å². The van der Waals surface area contributed by atoms with Crippen LogP contribution in [0.4, 0.5) is 4.39 Å². The van der Waals surface area contributed by atoms with Gasteiger partial charge in [-0.1, -0.05) is 45.9 Å². The van der Waals surface area contributed by atoms with Crippen LogP contribution in [-0.4, -0.2) is 13.7 Å². The summed E-state index contributed by atoms with van der Waals surface area (Å²) in [5.41, 5.74) is 3.85. The van der Waals surface area contributed by atoms with Gasteiger partial charge in [0.05, 0.1) is 13.2 Å². The number of hydrogen-bond donors (Lipinski definition) is 0. The molecule has 3 rings (SSSR count). The van der Waals surface area contributed by atoms with Gasteiger partial charge < -0.3 is 9.47 Å². The molecule has 2 nitrogen and oxygen atoms in total. The number of methoxy groups -OCH3 is 1. The Morgan fingerprint density at radius 3 is 2.59 bits per heavy atom. The fourth-order valence-electron chi connectivity index (χ4n) is 4.11. The van der Waals surface area contributed by atoms with Crippen LogP contribution < -0.4 is 4.74 Å². The zero-order valence-corrected chi connectivity index (χ0v) is 17.1. The number of ether oxygens (including phenoxy) is 2. The maximum Gasteiger partial charge on any atom is 0.131 e. The summed E-state index contributed by atoms with van der Waals surface area (Å²) in [6.07, 6.45) is 3.13. The summed E-state index contributed by atoms with van der Waals surface area (Å²) in [5, 5.41) is 0. The number of halogens is 1. The van der Waals surface area contributed by atoms with E-state index in [1.165, 1.54) is 11.6 Å². The highest BCUT2D eigenvalue weighted by Gasteiger charge is 2.36. The lowest BCUT2D eigenvalue weighted by atomic mass is 9.75. The van der Waals surface area contributed by atoms with E-state index in [4.69, 9.17) is 9.47 Å². The van der Waals surface area contributed by atoms with Gasteiger partial charge in [-0.3, -0.25) is 0 Å². The summed E-state index contributed by atoms with van der Waals surface area (Å²) in [7, 11) is 1.61. The van der Waals surface area contributed by atoms with Gasteiger partial charge >= 0.3 is 0 Å². The van der Waals surface area contributed by atoms with Crippen molar-refractivity contribution in [2.45, 2.75) is 53.1 Å². The molecule has 0 amide bonds. The van der Waals surface area contributed by atoms with E-state index < -0.39 is 0 Å². The molecule has 3 heteroatoms. The Labute approximate surface area is 162 Å². The van der Waals surface area contributed by atoms with E-state index in [-0.39, 0.29) is 17.3 Å². The smallest absolute Gasteiger partial charge is 0.131 e. The van der Waals surface area contributed by atoms with Crippen molar-refractivity contribution in [3.63, 3.8) is 0 Å². The van der Waals surface area contributed by atoms with Crippen molar-refractivity contribution < 1.29 is 13.9 Å². The van der Waals surface area contributed by atoms with Crippen LogP contribution in [0.15, 0.2) is 36.4 Å². The van der Waals surface area contributed by atoms with Crippen molar-refractivity contribution in [1.29, 1.82) is 0 Å². The molecule has 1 aliphatic rings. The highest BCUT2D eigenvalue weighted by molar-refractivity contribution is 5.70. The number of hydrogen-bond acceptors (Lipinski definition) is 2. The minimum absolute atomic E-state index is 0.0127. The van der Waals surface area contributed by atoms with Crippen molar-refractivity contribution in [2.24, 2.45) is 11.3 Å². The van der Waals surface area contributed by atoms with Gasteiger partial charge in [0, 0.05) is 12.2 Å². The molecule has 0 spiro atoms. The van der Waals surface area contributed by atoms with Gasteiger partial charge in [0.1, 0.15) is 11.6 Å². The lowest BCUT2D eigenvalue weighted by Gasteiger charge is -2.40. The molecule has 1 fully saturated rings. The SMILES string of the molecule is COc1ccc(F)c(-c2ccc(CC(C)C)cc2[C@@H]2OCCCC2(C)C)c1. The molecule has 146 valence electrons. The summed E-state index contributed by atoms with van der Waals surface area (Å²) in [4.78, 5) is 0. The number of rotatable bonds is 5. The quantitative estimate of drug-likeness (QED) is 0.592. The first-order valence-corrected chi connectivity index (χ1v) is 9.90. The molecule has 0 N–H and O–H groups in total. The highest BCUT2D eigenvalue weighted by atomic mass is 19.1. The minimum atomic E-state index is -0.234. The van der Waals surface area contributed by atoms with Gasteiger partial charge in [-0.05, 0) is 65.5 Å². The molecule has 0 unspecified atom stereocenters. The van der Waals surface area contributed by atoms with Gasteiger partial charge in [-0.15, -0.1) is 0 Å². The molecule has 0 bridgehead atoms. The Bertz CT molecular complexity index is 795. The summed E-state index contributed by atoms with van der Waals surface area (Å²) in [5.74, 6) is 0.993. The molecular weight excluding hydrogens is 339 g/mol. The van der Waals surface area contributed by atoms with E-state index in [9.17, 15) is 4.39 Å². The van der Waals surface area contributed by atoms with Gasteiger partial charge in [-0.2, -0.15) is 0 Å². The second-order valence-corrected chi connectivity index (χ2v) is 8.71. The van der Waals surface area contributed by atoms with Crippen LogP contribution in [0.1, 0.15) is 57.8 Å². The van der Waals surface area contributed by atoms with E-state index >= 15 is 0 Å².